The summed E-state index contributed by atoms with van der Waals surface area (Å²) in [5.41, 5.74) is 11.2. The van der Waals surface area contributed by atoms with Gasteiger partial charge < -0.3 is 0 Å². The van der Waals surface area contributed by atoms with E-state index in [0.29, 0.717) is 0 Å². The Morgan fingerprint density at radius 3 is 1.19 bits per heavy atom. The van der Waals surface area contributed by atoms with Crippen molar-refractivity contribution in [2.45, 2.75) is 87.0 Å². The summed E-state index contributed by atoms with van der Waals surface area (Å²) >= 11 is 0. The molecule has 3 aromatic carbocycles. The lowest BCUT2D eigenvalue weighted by Crippen LogP contribution is -2.73. The molecule has 0 amide bonds. The lowest BCUT2D eigenvalue weighted by Gasteiger charge is -2.48. The van der Waals surface area contributed by atoms with Gasteiger partial charge in [-0.05, 0) is 76.5 Å². The number of benzene rings is 3. The van der Waals surface area contributed by atoms with E-state index in [1.54, 1.807) is 10.4 Å². The van der Waals surface area contributed by atoms with Gasteiger partial charge in [0, 0.05) is 5.04 Å². The van der Waals surface area contributed by atoms with Crippen LogP contribution in [0.4, 0.5) is 0 Å². The van der Waals surface area contributed by atoms with Crippen molar-refractivity contribution in [1.29, 1.82) is 0 Å². The molecule has 0 spiro atoms. The van der Waals surface area contributed by atoms with Crippen molar-refractivity contribution in [3.8, 4) is 0 Å². The third kappa shape index (κ3) is 4.57. The predicted molar refractivity (Wildman–Crippen MR) is 171 cm³/mol. The average molecular weight is 523 g/mol. The fourth-order valence-corrected chi connectivity index (χ4v) is 14.9. The normalized spacial score (nSPS) is 18.4. The highest BCUT2D eigenvalue weighted by Gasteiger charge is 2.56. The SMILES string of the molecule is CC1=CC(C)([Si](c2cc(C)cc(C)c2)(c2cc(C)cc(C)c2)c2cc(C)cc([Si](C)(C)C)c2)C(C)=C1C. The number of hydrogen-bond acceptors (Lipinski definition) is 0. The minimum Gasteiger partial charge on any atom is -0.0730 e. The van der Waals surface area contributed by atoms with Crippen LogP contribution in [0.5, 0.6) is 0 Å². The van der Waals surface area contributed by atoms with Gasteiger partial charge in [0.25, 0.3) is 0 Å². The van der Waals surface area contributed by atoms with E-state index in [1.165, 1.54) is 54.9 Å². The zero-order chi connectivity index (χ0) is 27.5. The van der Waals surface area contributed by atoms with Gasteiger partial charge in [-0.3, -0.25) is 0 Å². The van der Waals surface area contributed by atoms with Crippen LogP contribution in [-0.4, -0.2) is 16.1 Å². The highest BCUT2D eigenvalue weighted by Crippen LogP contribution is 2.53. The third-order valence-corrected chi connectivity index (χ3v) is 16.5. The smallest absolute Gasteiger partial charge is 0.0730 e. The van der Waals surface area contributed by atoms with Crippen molar-refractivity contribution in [3.63, 3.8) is 0 Å². The molecule has 0 fully saturated rings. The molecule has 0 aliphatic heterocycles. The molecule has 0 saturated carbocycles. The topological polar surface area (TPSA) is 0 Å². The van der Waals surface area contributed by atoms with E-state index in [-0.39, 0.29) is 5.04 Å². The van der Waals surface area contributed by atoms with Crippen LogP contribution in [-0.2, 0) is 0 Å². The van der Waals surface area contributed by atoms with Crippen molar-refractivity contribution in [1.82, 2.24) is 0 Å². The molecule has 2 heteroatoms. The Hall–Kier alpha value is -2.43. The second-order valence-electron chi connectivity index (χ2n) is 13.1. The van der Waals surface area contributed by atoms with Gasteiger partial charge in [-0.2, -0.15) is 0 Å². The maximum Gasteiger partial charge on any atom is 0.161 e. The van der Waals surface area contributed by atoms with E-state index in [0.717, 1.165) is 0 Å². The van der Waals surface area contributed by atoms with Gasteiger partial charge in [0.2, 0.25) is 0 Å². The van der Waals surface area contributed by atoms with Crippen LogP contribution in [0.3, 0.4) is 0 Å². The number of allylic oxidation sites excluding steroid dienone is 4. The second kappa shape index (κ2) is 9.40. The van der Waals surface area contributed by atoms with Crippen LogP contribution in [0.15, 0.2) is 77.4 Å². The second-order valence-corrected chi connectivity index (χ2v) is 22.5. The van der Waals surface area contributed by atoms with E-state index in [4.69, 9.17) is 0 Å². The zero-order valence-electron chi connectivity index (χ0n) is 25.3. The Kier molecular flexibility index (Phi) is 7.01. The minimum absolute atomic E-state index is 0.0772. The van der Waals surface area contributed by atoms with Gasteiger partial charge in [-0.1, -0.05) is 131 Å². The van der Waals surface area contributed by atoms with Crippen LogP contribution in [0, 0.1) is 34.6 Å². The highest BCUT2D eigenvalue weighted by atomic mass is 28.3. The van der Waals surface area contributed by atoms with E-state index in [9.17, 15) is 0 Å². The Morgan fingerprint density at radius 2 is 0.838 bits per heavy atom. The molecule has 0 heterocycles. The maximum absolute atomic E-state index is 2.64. The zero-order valence-corrected chi connectivity index (χ0v) is 27.3. The first kappa shape index (κ1) is 27.6. The monoisotopic (exact) mass is 522 g/mol. The molecular weight excluding hydrogens is 477 g/mol. The van der Waals surface area contributed by atoms with Gasteiger partial charge in [-0.15, -0.1) is 0 Å². The lowest BCUT2D eigenvalue weighted by atomic mass is 10.0. The Labute approximate surface area is 228 Å². The van der Waals surface area contributed by atoms with Crippen LogP contribution in [0.2, 0.25) is 24.7 Å². The highest BCUT2D eigenvalue weighted by molar-refractivity contribution is 7.14. The molecule has 3 aromatic rings. The molecule has 0 aromatic heterocycles. The Morgan fingerprint density at radius 1 is 0.486 bits per heavy atom. The quantitative estimate of drug-likeness (QED) is 0.244. The summed E-state index contributed by atoms with van der Waals surface area (Å²) < 4.78 is 0. The molecule has 0 radical (unpaired) electrons. The van der Waals surface area contributed by atoms with Crippen molar-refractivity contribution in [3.05, 3.63) is 105 Å². The third-order valence-electron chi connectivity index (χ3n) is 8.90. The molecule has 4 rings (SSSR count). The number of hydrogen-bond donors (Lipinski definition) is 0. The fourth-order valence-electron chi connectivity index (χ4n) is 6.94. The van der Waals surface area contributed by atoms with Gasteiger partial charge >= 0.3 is 0 Å². The van der Waals surface area contributed by atoms with Crippen molar-refractivity contribution < 1.29 is 0 Å². The molecule has 0 bridgehead atoms. The Bertz CT molecular complexity index is 1350. The van der Waals surface area contributed by atoms with Crippen LogP contribution >= 0.6 is 0 Å². The van der Waals surface area contributed by atoms with Crippen LogP contribution in [0.25, 0.3) is 0 Å². The summed E-state index contributed by atoms with van der Waals surface area (Å²) in [5, 5.41) is 6.10. The summed E-state index contributed by atoms with van der Waals surface area (Å²) in [6.07, 6.45) is 2.63. The first-order valence-corrected chi connectivity index (χ1v) is 19.3. The summed E-state index contributed by atoms with van der Waals surface area (Å²) in [6.45, 7) is 28.5. The summed E-state index contributed by atoms with van der Waals surface area (Å²) in [4.78, 5) is 0. The lowest BCUT2D eigenvalue weighted by molar-refractivity contribution is 0.870. The molecule has 0 nitrogen and oxygen atoms in total. The minimum atomic E-state index is -2.64. The first-order chi connectivity index (χ1) is 17.1. The van der Waals surface area contributed by atoms with Crippen molar-refractivity contribution in [2.75, 3.05) is 0 Å². The predicted octanol–water partition coefficient (Wildman–Crippen LogP) is 7.30. The fraction of sp³-hybridized carbons (Fsp3) is 0.371. The molecule has 0 saturated heterocycles. The molecule has 1 atom stereocenters. The van der Waals surface area contributed by atoms with E-state index in [2.05, 4.69) is 143 Å². The molecule has 0 N–H and O–H groups in total. The molecule has 37 heavy (non-hydrogen) atoms. The van der Waals surface area contributed by atoms with Gasteiger partial charge in [-0.25, -0.2) is 0 Å². The standard InChI is InChI=1S/C35H46Si2/c1-23-13-24(2)17-32(16-23)37(33-18-25(3)14-26(4)19-33,35(9)22-28(6)29(7)30(35)8)34-20-27(5)15-31(21-34)36(10,11)12/h13-22H,1-12H3. The van der Waals surface area contributed by atoms with Crippen molar-refractivity contribution in [2.24, 2.45) is 0 Å². The molecule has 1 aliphatic rings. The van der Waals surface area contributed by atoms with Gasteiger partial charge in [0.05, 0.1) is 8.07 Å². The maximum atomic E-state index is 2.64. The van der Waals surface area contributed by atoms with E-state index in [1.807, 2.05) is 0 Å². The van der Waals surface area contributed by atoms with Crippen LogP contribution in [0.1, 0.15) is 55.5 Å². The molecule has 1 unspecified atom stereocenters. The number of rotatable bonds is 5. The summed E-state index contributed by atoms with van der Waals surface area (Å²) in [5.74, 6) is 0. The average Bonchev–Trinajstić information content (AvgIpc) is 2.95. The molecule has 1 aliphatic carbocycles. The van der Waals surface area contributed by atoms with Gasteiger partial charge in [0.15, 0.2) is 8.07 Å². The van der Waals surface area contributed by atoms with E-state index >= 15 is 0 Å². The largest absolute Gasteiger partial charge is 0.161 e. The van der Waals surface area contributed by atoms with Gasteiger partial charge in [0.1, 0.15) is 0 Å². The Balaban J connectivity index is 2.32. The molecular formula is C35H46Si2. The summed E-state index contributed by atoms with van der Waals surface area (Å²) in [7, 11) is -4.17. The molecule has 194 valence electrons. The van der Waals surface area contributed by atoms with Crippen molar-refractivity contribution >= 4 is 36.9 Å². The first-order valence-electron chi connectivity index (χ1n) is 13.8. The van der Waals surface area contributed by atoms with E-state index < -0.39 is 16.1 Å². The van der Waals surface area contributed by atoms with Crippen LogP contribution < -0.4 is 20.7 Å². The number of aryl methyl sites for hydroxylation is 5. The summed E-state index contributed by atoms with van der Waals surface area (Å²) in [6, 6.07) is 22.4.